The molecule has 0 bridgehead atoms. The number of nitrogens with one attached hydrogen (secondary N) is 4. The number of unbranched alkanes of at least 4 members (excludes halogenated alkanes) is 3. The molecular formula is C82H122N4O7. The zero-order valence-corrected chi connectivity index (χ0v) is 60.6. The van der Waals surface area contributed by atoms with Crippen LogP contribution in [0.5, 0.6) is 0 Å². The maximum Gasteiger partial charge on any atom is 0.244 e. The Kier molecular flexibility index (Phi) is 36.9. The van der Waals surface area contributed by atoms with Crippen LogP contribution >= 0.6 is 0 Å². The number of allylic oxidation sites excluding steroid dienone is 28. The molecule has 93 heavy (non-hydrogen) atoms. The molecule has 0 aliphatic heterocycles. The fourth-order valence-electron chi connectivity index (χ4n) is 12.7. The van der Waals surface area contributed by atoms with E-state index in [1.807, 2.05) is 69.4 Å². The van der Waals surface area contributed by atoms with Crippen LogP contribution in [-0.2, 0) is 33.5 Å². The van der Waals surface area contributed by atoms with Crippen molar-refractivity contribution in [3.8, 4) is 0 Å². The minimum absolute atomic E-state index is 0.0334. The molecule has 4 amide bonds. The lowest BCUT2D eigenvalue weighted by Gasteiger charge is -2.33. The van der Waals surface area contributed by atoms with Crippen LogP contribution < -0.4 is 21.3 Å². The number of ketones is 2. The second-order valence-corrected chi connectivity index (χ2v) is 28.6. The number of rotatable bonds is 39. The van der Waals surface area contributed by atoms with E-state index in [0.717, 1.165) is 47.1 Å². The first-order valence-electron chi connectivity index (χ1n) is 35.0. The third-order valence-electron chi connectivity index (χ3n) is 18.2. The van der Waals surface area contributed by atoms with Crippen molar-refractivity contribution in [3.05, 3.63) is 176 Å². The second-order valence-electron chi connectivity index (χ2n) is 28.6. The standard InChI is InChI=1S/C82H122N4O7/c1-60(42-45-72-66(7)36-25-48-80(72,11)12)30-22-33-63(4)56-71(88)40-18-17-19-41-75(86-78(91)58-65(6)35-24-32-62(3)44-47-74-68(9)38-27-50-82(74,15)16)76(89)59-70(79(92)85-53-29-55-93-54-28-52-83-69(10)87)39-20-21-51-84-77(90)57-64(5)34-23-31-61(2)43-46-73-67(8)37-26-49-81(73,13)14/h22-24,30-35,42-47,56-58,70,75H,17-21,25-29,36-41,48-55,59H2,1-16H3,(H,83,87)(H,84,90)(H,85,92)(H,86,91)/b33-22+,34-23+,35-24+,45-42+,46-43+,47-44+,60-30+,61-31+,62-32+,63-56+,64-57+,65-58+. The molecule has 0 aromatic carbocycles. The van der Waals surface area contributed by atoms with Crippen molar-refractivity contribution in [1.82, 2.24) is 21.3 Å². The Balaban J connectivity index is 1.74. The highest BCUT2D eigenvalue weighted by molar-refractivity contribution is 5.96. The summed E-state index contributed by atoms with van der Waals surface area (Å²) >= 11 is 0. The summed E-state index contributed by atoms with van der Waals surface area (Å²) in [6, 6.07) is -0.861. The molecule has 512 valence electrons. The Hall–Kier alpha value is -6.72. The summed E-state index contributed by atoms with van der Waals surface area (Å²) in [5.74, 6) is -1.83. The van der Waals surface area contributed by atoms with Crippen molar-refractivity contribution in [2.45, 2.75) is 245 Å². The smallest absolute Gasteiger partial charge is 0.244 e. The van der Waals surface area contributed by atoms with Gasteiger partial charge in [-0.05, 0) is 214 Å². The van der Waals surface area contributed by atoms with E-state index in [-0.39, 0.29) is 52.0 Å². The van der Waals surface area contributed by atoms with E-state index in [0.29, 0.717) is 103 Å². The van der Waals surface area contributed by atoms with Gasteiger partial charge in [0.05, 0.1) is 6.04 Å². The van der Waals surface area contributed by atoms with Crippen LogP contribution in [0.15, 0.2) is 176 Å². The lowest BCUT2D eigenvalue weighted by Crippen LogP contribution is -2.42. The molecule has 3 aliphatic rings. The van der Waals surface area contributed by atoms with Crippen LogP contribution in [0.4, 0.5) is 0 Å². The quantitative estimate of drug-likeness (QED) is 0.0271. The Morgan fingerprint density at radius 2 is 0.882 bits per heavy atom. The van der Waals surface area contributed by atoms with Gasteiger partial charge in [-0.15, -0.1) is 0 Å². The van der Waals surface area contributed by atoms with Crippen molar-refractivity contribution in [3.63, 3.8) is 0 Å². The van der Waals surface area contributed by atoms with Crippen molar-refractivity contribution in [2.24, 2.45) is 22.2 Å². The summed E-state index contributed by atoms with van der Waals surface area (Å²) in [6.07, 6.45) is 51.8. The molecule has 0 saturated carbocycles. The van der Waals surface area contributed by atoms with Gasteiger partial charge in [0.25, 0.3) is 0 Å². The molecule has 0 saturated heterocycles. The van der Waals surface area contributed by atoms with Gasteiger partial charge in [-0.2, -0.15) is 0 Å². The molecule has 11 heteroatoms. The third-order valence-corrected chi connectivity index (χ3v) is 18.2. The summed E-state index contributed by atoms with van der Waals surface area (Å²) in [7, 11) is 0. The first kappa shape index (κ1) is 80.5. The lowest BCUT2D eigenvalue weighted by atomic mass is 9.72. The molecule has 0 aromatic rings. The molecule has 0 heterocycles. The van der Waals surface area contributed by atoms with Crippen LogP contribution in [0.3, 0.4) is 0 Å². The average molecular weight is 1280 g/mol. The number of hydrogen-bond acceptors (Lipinski definition) is 7. The Morgan fingerprint density at radius 1 is 0.462 bits per heavy atom. The van der Waals surface area contributed by atoms with Gasteiger partial charge in [0.2, 0.25) is 23.6 Å². The van der Waals surface area contributed by atoms with E-state index in [9.17, 15) is 28.8 Å². The van der Waals surface area contributed by atoms with E-state index in [2.05, 4.69) is 147 Å². The van der Waals surface area contributed by atoms with Crippen LogP contribution in [0.1, 0.15) is 239 Å². The zero-order chi connectivity index (χ0) is 69.0. The first-order chi connectivity index (χ1) is 44.0. The summed E-state index contributed by atoms with van der Waals surface area (Å²) in [5, 5.41) is 11.8. The number of amides is 4. The highest BCUT2D eigenvalue weighted by atomic mass is 16.5. The van der Waals surface area contributed by atoms with Gasteiger partial charge < -0.3 is 26.0 Å². The largest absolute Gasteiger partial charge is 0.381 e. The zero-order valence-electron chi connectivity index (χ0n) is 60.6. The third kappa shape index (κ3) is 33.3. The molecule has 0 aromatic heterocycles. The highest BCUT2D eigenvalue weighted by Crippen LogP contribution is 2.43. The van der Waals surface area contributed by atoms with Gasteiger partial charge >= 0.3 is 0 Å². The molecule has 0 radical (unpaired) electrons. The van der Waals surface area contributed by atoms with Crippen LogP contribution in [0.2, 0.25) is 0 Å². The lowest BCUT2D eigenvalue weighted by molar-refractivity contribution is -0.131. The number of ether oxygens (including phenoxy) is 1. The minimum Gasteiger partial charge on any atom is -0.381 e. The predicted molar refractivity (Wildman–Crippen MR) is 390 cm³/mol. The normalized spacial score (nSPS) is 18.7. The molecule has 0 fully saturated rings. The molecule has 2 unspecified atom stereocenters. The molecule has 0 spiro atoms. The van der Waals surface area contributed by atoms with Gasteiger partial charge in [0.15, 0.2) is 11.6 Å². The maximum absolute atomic E-state index is 14.6. The van der Waals surface area contributed by atoms with E-state index in [4.69, 9.17) is 4.74 Å². The summed E-state index contributed by atoms with van der Waals surface area (Å²) in [5.41, 5.74) is 14.9. The Morgan fingerprint density at radius 3 is 1.33 bits per heavy atom. The van der Waals surface area contributed by atoms with Crippen molar-refractivity contribution in [2.75, 3.05) is 32.8 Å². The molecule has 3 aliphatic carbocycles. The Labute approximate surface area is 563 Å². The fourth-order valence-corrected chi connectivity index (χ4v) is 12.7. The van der Waals surface area contributed by atoms with Crippen molar-refractivity contribution < 1.29 is 33.5 Å². The number of hydrogen-bond donors (Lipinski definition) is 4. The van der Waals surface area contributed by atoms with E-state index >= 15 is 0 Å². The number of Topliss-reactive ketones (excluding diaryl/α,β-unsaturated/α-hetero) is 1. The average Bonchev–Trinajstić information content (AvgIpc) is 0.915. The molecule has 2 atom stereocenters. The molecule has 4 N–H and O–H groups in total. The maximum atomic E-state index is 14.6. The predicted octanol–water partition coefficient (Wildman–Crippen LogP) is 18.5. The van der Waals surface area contributed by atoms with Crippen LogP contribution in [0.25, 0.3) is 0 Å². The number of carbonyl (C=O) groups excluding carboxylic acids is 6. The summed E-state index contributed by atoms with van der Waals surface area (Å²) in [6.45, 7) is 36.2. The van der Waals surface area contributed by atoms with E-state index < -0.39 is 17.9 Å². The van der Waals surface area contributed by atoms with Crippen molar-refractivity contribution >= 4 is 35.2 Å². The van der Waals surface area contributed by atoms with Crippen LogP contribution in [-0.4, -0.2) is 74.1 Å². The monoisotopic (exact) mass is 1270 g/mol. The van der Waals surface area contributed by atoms with Crippen molar-refractivity contribution in [1.29, 1.82) is 0 Å². The minimum atomic E-state index is -0.861. The van der Waals surface area contributed by atoms with Gasteiger partial charge in [-0.25, -0.2) is 0 Å². The highest BCUT2D eigenvalue weighted by Gasteiger charge is 2.30. The van der Waals surface area contributed by atoms with Gasteiger partial charge in [-0.1, -0.05) is 185 Å². The van der Waals surface area contributed by atoms with E-state index in [1.54, 1.807) is 12.2 Å². The van der Waals surface area contributed by atoms with Crippen LogP contribution in [0, 0.1) is 22.2 Å². The fraction of sp³-hybridized carbons (Fsp3) is 0.561. The molecule has 3 rings (SSSR count). The second kappa shape index (κ2) is 42.6. The number of carbonyl (C=O) groups is 6. The first-order valence-corrected chi connectivity index (χ1v) is 35.0. The van der Waals surface area contributed by atoms with E-state index in [1.165, 1.54) is 85.0 Å². The topological polar surface area (TPSA) is 160 Å². The van der Waals surface area contributed by atoms with Gasteiger partial charge in [-0.3, -0.25) is 28.8 Å². The summed E-state index contributed by atoms with van der Waals surface area (Å²) in [4.78, 5) is 79.8. The summed E-state index contributed by atoms with van der Waals surface area (Å²) < 4.78 is 5.73. The molecular weight excluding hydrogens is 1150 g/mol. The molecule has 11 nitrogen and oxygen atoms in total. The van der Waals surface area contributed by atoms with Gasteiger partial charge in [0.1, 0.15) is 0 Å². The van der Waals surface area contributed by atoms with Gasteiger partial charge in [0, 0.05) is 70.7 Å². The SMILES string of the molecule is CC(=O)NCCCOCCCNC(=O)C(CCCCNC(=O)/C=C(C)/C=C/C=C(C)/C=C/C1=C(C)CCCC1(C)C)CC(=O)C(CCCCCC(=O)/C=C(C)/C=C/C=C(C)/C=C/C1=C(C)CCCC1(C)C)NC(=O)/C=C(C)/C=C/C=C(C)/C=C/C1=C(C)CCCC1(C)C. The Bertz CT molecular complexity index is 3010.